The number of carbonyl (C=O) groups excluding carboxylic acids is 1. The Labute approximate surface area is 151 Å². The molecule has 26 heavy (non-hydrogen) atoms. The third-order valence-corrected chi connectivity index (χ3v) is 4.85. The number of nitrogens with one attached hydrogen (secondary N) is 1. The molecule has 0 spiro atoms. The lowest BCUT2D eigenvalue weighted by molar-refractivity contribution is 0.0854. The molecule has 136 valence electrons. The number of hydrogen-bond acceptors (Lipinski definition) is 6. The highest BCUT2D eigenvalue weighted by Gasteiger charge is 2.28. The first-order valence-electron chi connectivity index (χ1n) is 8.74. The zero-order valence-corrected chi connectivity index (χ0v) is 14.9. The zero-order valence-electron chi connectivity index (χ0n) is 14.9. The average Bonchev–Trinajstić information content (AvgIpc) is 3.27. The van der Waals surface area contributed by atoms with Crippen molar-refractivity contribution < 1.29 is 18.7 Å². The van der Waals surface area contributed by atoms with E-state index in [1.54, 1.807) is 14.0 Å². The fourth-order valence-electron chi connectivity index (χ4n) is 3.54. The highest BCUT2D eigenvalue weighted by atomic mass is 16.5. The first-order chi connectivity index (χ1) is 12.7. The number of ether oxygens (including phenoxy) is 2. The van der Waals surface area contributed by atoms with Crippen LogP contribution >= 0.6 is 0 Å². The second kappa shape index (κ2) is 6.92. The molecule has 2 aliphatic rings. The van der Waals surface area contributed by atoms with Crippen LogP contribution < -0.4 is 10.1 Å². The monoisotopic (exact) mass is 355 g/mol. The predicted octanol–water partition coefficient (Wildman–Crippen LogP) is 2.90. The van der Waals surface area contributed by atoms with E-state index < -0.39 is 0 Å². The van der Waals surface area contributed by atoms with Crippen LogP contribution in [0.15, 0.2) is 27.7 Å². The van der Waals surface area contributed by atoms with Crippen LogP contribution in [-0.4, -0.2) is 37.1 Å². The molecular formula is C19H21N3O4. The molecule has 0 unspecified atom stereocenters. The summed E-state index contributed by atoms with van der Waals surface area (Å²) < 4.78 is 16.3. The van der Waals surface area contributed by atoms with Gasteiger partial charge in [0.15, 0.2) is 5.89 Å². The number of aryl methyl sites for hydroxylation is 1. The Hall–Kier alpha value is -2.67. The zero-order chi connectivity index (χ0) is 18.1. The van der Waals surface area contributed by atoms with Crippen molar-refractivity contribution in [3.8, 4) is 5.75 Å². The molecule has 2 aliphatic heterocycles. The molecule has 2 aromatic rings. The van der Waals surface area contributed by atoms with Crippen molar-refractivity contribution in [2.24, 2.45) is 4.99 Å². The van der Waals surface area contributed by atoms with Crippen LogP contribution in [0, 0.1) is 6.92 Å². The first-order valence-corrected chi connectivity index (χ1v) is 8.74. The van der Waals surface area contributed by atoms with Gasteiger partial charge in [-0.25, -0.2) is 9.98 Å². The molecule has 3 heterocycles. The van der Waals surface area contributed by atoms with Crippen molar-refractivity contribution in [1.29, 1.82) is 0 Å². The SMILES string of the molecule is COc1ccc(C2CCOCC2)c2c1CC(NC(=O)c1cnc(C)o1)=N2. The number of amides is 1. The molecule has 0 atom stereocenters. The maximum atomic E-state index is 12.3. The minimum atomic E-state index is -0.344. The molecule has 7 nitrogen and oxygen atoms in total. The van der Waals surface area contributed by atoms with Crippen LogP contribution in [0.2, 0.25) is 0 Å². The van der Waals surface area contributed by atoms with Gasteiger partial charge in [-0.15, -0.1) is 0 Å². The third kappa shape index (κ3) is 3.10. The number of methoxy groups -OCH3 is 1. The lowest BCUT2D eigenvalue weighted by Crippen LogP contribution is -2.30. The number of oxazole rings is 1. The minimum absolute atomic E-state index is 0.178. The Kier molecular flexibility index (Phi) is 4.46. The fraction of sp³-hybridized carbons (Fsp3) is 0.421. The highest BCUT2D eigenvalue weighted by Crippen LogP contribution is 2.42. The summed E-state index contributed by atoms with van der Waals surface area (Å²) in [6, 6.07) is 4.07. The second-order valence-corrected chi connectivity index (χ2v) is 6.50. The molecule has 1 aromatic heterocycles. The van der Waals surface area contributed by atoms with E-state index in [2.05, 4.69) is 16.4 Å². The van der Waals surface area contributed by atoms with Crippen LogP contribution in [0.4, 0.5) is 5.69 Å². The van der Waals surface area contributed by atoms with Gasteiger partial charge in [0.25, 0.3) is 5.91 Å². The standard InChI is InChI=1S/C19H21N3O4/c1-11-20-10-16(26-11)19(23)22-17-9-14-15(24-2)4-3-13(18(14)21-17)12-5-7-25-8-6-12/h3-4,10,12H,5-9H2,1-2H3,(H,21,22,23). The second-order valence-electron chi connectivity index (χ2n) is 6.50. The number of carbonyl (C=O) groups is 1. The molecule has 4 rings (SSSR count). The van der Waals surface area contributed by atoms with Gasteiger partial charge in [0.2, 0.25) is 5.76 Å². The summed E-state index contributed by atoms with van der Waals surface area (Å²) in [5.41, 5.74) is 3.13. The van der Waals surface area contributed by atoms with Crippen LogP contribution in [-0.2, 0) is 11.2 Å². The maximum absolute atomic E-state index is 12.3. The minimum Gasteiger partial charge on any atom is -0.496 e. The molecule has 1 aromatic carbocycles. The maximum Gasteiger partial charge on any atom is 0.294 e. The van der Waals surface area contributed by atoms with Gasteiger partial charge >= 0.3 is 0 Å². The Balaban J connectivity index is 1.61. The summed E-state index contributed by atoms with van der Waals surface area (Å²) in [6.07, 6.45) is 3.90. The number of fused-ring (bicyclic) bond motifs is 1. The Morgan fingerprint density at radius 2 is 2.12 bits per heavy atom. The van der Waals surface area contributed by atoms with Crippen LogP contribution in [0.1, 0.15) is 46.3 Å². The van der Waals surface area contributed by atoms with E-state index in [1.165, 1.54) is 11.8 Å². The largest absolute Gasteiger partial charge is 0.496 e. The van der Waals surface area contributed by atoms with Gasteiger partial charge in [-0.3, -0.25) is 4.79 Å². The Bertz CT molecular complexity index is 866. The van der Waals surface area contributed by atoms with Crippen molar-refractivity contribution in [1.82, 2.24) is 10.3 Å². The van der Waals surface area contributed by atoms with Crippen LogP contribution in [0.5, 0.6) is 5.75 Å². The van der Waals surface area contributed by atoms with Crippen LogP contribution in [0.25, 0.3) is 0 Å². The van der Waals surface area contributed by atoms with Gasteiger partial charge in [0.1, 0.15) is 11.6 Å². The predicted molar refractivity (Wildman–Crippen MR) is 95.3 cm³/mol. The van der Waals surface area contributed by atoms with Crippen molar-refractivity contribution in [3.63, 3.8) is 0 Å². The fourth-order valence-corrected chi connectivity index (χ4v) is 3.54. The van der Waals surface area contributed by atoms with Gasteiger partial charge in [-0.2, -0.15) is 0 Å². The van der Waals surface area contributed by atoms with E-state index in [-0.39, 0.29) is 11.7 Å². The lowest BCUT2D eigenvalue weighted by atomic mass is 9.89. The summed E-state index contributed by atoms with van der Waals surface area (Å²) in [4.78, 5) is 21.0. The van der Waals surface area contributed by atoms with Gasteiger partial charge in [0.05, 0.1) is 19.0 Å². The van der Waals surface area contributed by atoms with Crippen molar-refractivity contribution in [3.05, 3.63) is 41.1 Å². The van der Waals surface area contributed by atoms with E-state index in [0.29, 0.717) is 24.1 Å². The normalized spacial score (nSPS) is 16.9. The number of aromatic nitrogens is 1. The van der Waals surface area contributed by atoms with Gasteiger partial charge in [-0.1, -0.05) is 6.07 Å². The van der Waals surface area contributed by atoms with E-state index >= 15 is 0 Å². The van der Waals surface area contributed by atoms with E-state index in [9.17, 15) is 4.79 Å². The number of amidine groups is 1. The van der Waals surface area contributed by atoms with Crippen molar-refractivity contribution >= 4 is 17.4 Å². The molecule has 1 N–H and O–H groups in total. The summed E-state index contributed by atoms with van der Waals surface area (Å²) in [5, 5.41) is 2.83. The quantitative estimate of drug-likeness (QED) is 0.915. The Morgan fingerprint density at radius 1 is 1.31 bits per heavy atom. The Morgan fingerprint density at radius 3 is 2.81 bits per heavy atom. The number of rotatable bonds is 3. The van der Waals surface area contributed by atoms with E-state index in [4.69, 9.17) is 18.9 Å². The molecule has 1 amide bonds. The molecule has 0 aliphatic carbocycles. The van der Waals surface area contributed by atoms with Crippen molar-refractivity contribution in [2.75, 3.05) is 20.3 Å². The van der Waals surface area contributed by atoms with Gasteiger partial charge < -0.3 is 19.2 Å². The summed E-state index contributed by atoms with van der Waals surface area (Å²) >= 11 is 0. The lowest BCUT2D eigenvalue weighted by Gasteiger charge is -2.24. The van der Waals surface area contributed by atoms with Gasteiger partial charge in [-0.05, 0) is 30.4 Å². The van der Waals surface area contributed by atoms with Crippen LogP contribution in [0.3, 0.4) is 0 Å². The smallest absolute Gasteiger partial charge is 0.294 e. The molecule has 0 saturated carbocycles. The topological polar surface area (TPSA) is 86.0 Å². The molecule has 1 saturated heterocycles. The average molecular weight is 355 g/mol. The summed E-state index contributed by atoms with van der Waals surface area (Å²) in [7, 11) is 1.65. The first kappa shape index (κ1) is 16.8. The summed E-state index contributed by atoms with van der Waals surface area (Å²) in [6.45, 7) is 3.23. The van der Waals surface area contributed by atoms with E-state index in [1.807, 2.05) is 6.07 Å². The molecule has 0 bridgehead atoms. The third-order valence-electron chi connectivity index (χ3n) is 4.85. The number of nitrogens with zero attached hydrogens (tertiary/aromatic N) is 2. The van der Waals surface area contributed by atoms with Gasteiger partial charge in [0, 0.05) is 32.1 Å². The molecule has 0 radical (unpaired) electrons. The molecule has 1 fully saturated rings. The number of hydrogen-bond donors (Lipinski definition) is 1. The molecular weight excluding hydrogens is 334 g/mol. The number of benzene rings is 1. The van der Waals surface area contributed by atoms with E-state index in [0.717, 1.165) is 43.1 Å². The molecule has 7 heteroatoms. The van der Waals surface area contributed by atoms with Crippen molar-refractivity contribution in [2.45, 2.75) is 32.1 Å². The summed E-state index contributed by atoms with van der Waals surface area (Å²) in [5.74, 6) is 2.09. The number of aliphatic imine (C=N–C) groups is 1. The highest BCUT2D eigenvalue weighted by molar-refractivity contribution is 6.08.